The van der Waals surface area contributed by atoms with Gasteiger partial charge in [0, 0.05) is 0 Å². The second-order valence-corrected chi connectivity index (χ2v) is 3.83. The Labute approximate surface area is 104 Å². The van der Waals surface area contributed by atoms with Gasteiger partial charge in [-0.1, -0.05) is 0 Å². The first-order valence-corrected chi connectivity index (χ1v) is 5.64. The van der Waals surface area contributed by atoms with E-state index in [0.29, 0.717) is 0 Å². The Balaban J connectivity index is -0.000000209. The second kappa shape index (κ2) is 8.05. The minimum absolute atomic E-state index is 0. The molecule has 0 aromatic carbocycles. The molecule has 0 saturated carbocycles. The largest absolute Gasteiger partial charge is 1.00 e. The van der Waals surface area contributed by atoms with Gasteiger partial charge in [-0.3, -0.25) is 9.11 Å². The Morgan fingerprint density at radius 3 is 1.21 bits per heavy atom. The van der Waals surface area contributed by atoms with E-state index in [1.807, 2.05) is 0 Å². The molecular formula is H3NaO10S3. The quantitative estimate of drug-likeness (QED) is 0.252. The van der Waals surface area contributed by atoms with Gasteiger partial charge in [0.25, 0.3) is 0 Å². The molecule has 14 heavy (non-hydrogen) atoms. The van der Waals surface area contributed by atoms with Gasteiger partial charge in [0.05, 0.1) is 11.4 Å². The van der Waals surface area contributed by atoms with Crippen molar-refractivity contribution in [2.75, 3.05) is 0 Å². The van der Waals surface area contributed by atoms with E-state index in [0.717, 1.165) is 0 Å². The zero-order valence-corrected chi connectivity index (χ0v) is 10.9. The zero-order chi connectivity index (χ0) is 11.3. The van der Waals surface area contributed by atoms with Crippen molar-refractivity contribution in [1.82, 2.24) is 0 Å². The summed E-state index contributed by atoms with van der Waals surface area (Å²) in [6.07, 6.45) is 0. The molecule has 0 saturated heterocycles. The molecule has 0 bridgehead atoms. The maximum absolute atomic E-state index is 9.44. The van der Waals surface area contributed by atoms with Crippen molar-refractivity contribution in [1.29, 1.82) is 0 Å². The van der Waals surface area contributed by atoms with Crippen molar-refractivity contribution in [3.8, 4) is 0 Å². The van der Waals surface area contributed by atoms with Crippen LogP contribution >= 0.6 is 0 Å². The van der Waals surface area contributed by atoms with Crippen molar-refractivity contribution in [2.24, 2.45) is 0 Å². The van der Waals surface area contributed by atoms with E-state index < -0.39 is 32.2 Å². The van der Waals surface area contributed by atoms with Gasteiger partial charge in [-0.05, 0) is 0 Å². The van der Waals surface area contributed by atoms with Crippen molar-refractivity contribution in [3.63, 3.8) is 0 Å². The van der Waals surface area contributed by atoms with Gasteiger partial charge in [0.1, 0.15) is 0 Å². The molecule has 0 aliphatic carbocycles. The SMILES string of the molecule is O=S(=O)(O)OS(=O)(=O)O.O=S([O-])O.[Na+]. The van der Waals surface area contributed by atoms with E-state index >= 15 is 0 Å². The van der Waals surface area contributed by atoms with Crippen molar-refractivity contribution in [3.05, 3.63) is 0 Å². The summed E-state index contributed by atoms with van der Waals surface area (Å²) in [6, 6.07) is 0. The van der Waals surface area contributed by atoms with Gasteiger partial charge in [-0.25, -0.2) is 4.21 Å². The molecule has 0 heterocycles. The molecule has 82 valence electrons. The molecule has 0 rings (SSSR count). The number of hydrogen-bond acceptors (Lipinski definition) is 7. The first-order chi connectivity index (χ1) is 5.44. The minimum atomic E-state index is -5.12. The molecule has 0 amide bonds. The molecule has 0 aliphatic rings. The van der Waals surface area contributed by atoms with Gasteiger partial charge in [0.15, 0.2) is 0 Å². The summed E-state index contributed by atoms with van der Waals surface area (Å²) in [4.78, 5) is 0. The van der Waals surface area contributed by atoms with Crippen molar-refractivity contribution >= 4 is 32.2 Å². The molecule has 10 nitrogen and oxygen atoms in total. The Bertz CT molecular complexity index is 311. The molecule has 0 aromatic rings. The van der Waals surface area contributed by atoms with E-state index in [4.69, 9.17) is 22.4 Å². The minimum Gasteiger partial charge on any atom is -0.750 e. The predicted octanol–water partition coefficient (Wildman–Crippen LogP) is -5.05. The van der Waals surface area contributed by atoms with Crippen LogP contribution in [0, 0.1) is 0 Å². The zero-order valence-electron chi connectivity index (χ0n) is 6.42. The average Bonchev–Trinajstić information content (AvgIpc) is 1.47. The standard InChI is InChI=1S/Na.H2O7S2.H2O3S/c;1-8(2,3)7-9(4,5)6;1-4(2)3/h;(H,1,2,3)(H,4,5,6);(H2,1,2,3)/q+1;;/p-1. The first kappa shape index (κ1) is 20.3. The van der Waals surface area contributed by atoms with Crippen LogP contribution in [0.2, 0.25) is 0 Å². The van der Waals surface area contributed by atoms with Gasteiger partial charge < -0.3 is 9.11 Å². The molecule has 3 N–H and O–H groups in total. The summed E-state index contributed by atoms with van der Waals surface area (Å²) < 4.78 is 79.7. The summed E-state index contributed by atoms with van der Waals surface area (Å²) >= 11 is -2.86. The molecule has 1 unspecified atom stereocenters. The van der Waals surface area contributed by atoms with E-state index in [2.05, 4.69) is 3.63 Å². The number of hydrogen-bond donors (Lipinski definition) is 3. The molecular weight excluding hydrogens is 279 g/mol. The third kappa shape index (κ3) is 38.5. The molecule has 0 aromatic heterocycles. The molecule has 0 spiro atoms. The maximum atomic E-state index is 9.44. The van der Waals surface area contributed by atoms with Crippen LogP contribution in [0.4, 0.5) is 0 Å². The summed E-state index contributed by atoms with van der Waals surface area (Å²) in [5, 5.41) is 0. The Morgan fingerprint density at radius 2 is 1.21 bits per heavy atom. The van der Waals surface area contributed by atoms with Crippen LogP contribution in [0.25, 0.3) is 0 Å². The van der Waals surface area contributed by atoms with Gasteiger partial charge >= 0.3 is 50.4 Å². The fraction of sp³-hybridized carbons (Fsp3) is 0. The van der Waals surface area contributed by atoms with Crippen LogP contribution in [-0.2, 0) is 35.8 Å². The maximum Gasteiger partial charge on any atom is 1.00 e. The first-order valence-electron chi connectivity index (χ1n) is 1.88. The third-order valence-electron chi connectivity index (χ3n) is 0.172. The van der Waals surface area contributed by atoms with Crippen LogP contribution < -0.4 is 29.6 Å². The van der Waals surface area contributed by atoms with Gasteiger partial charge in [-0.15, -0.1) is 3.63 Å². The van der Waals surface area contributed by atoms with Crippen LogP contribution in [0.5, 0.6) is 0 Å². The van der Waals surface area contributed by atoms with Crippen LogP contribution in [-0.4, -0.2) is 39.3 Å². The van der Waals surface area contributed by atoms with E-state index in [1.165, 1.54) is 0 Å². The monoisotopic (exact) mass is 282 g/mol. The molecule has 0 fully saturated rings. The smallest absolute Gasteiger partial charge is 0.750 e. The Kier molecular flexibility index (Phi) is 11.7. The fourth-order valence-electron chi connectivity index (χ4n) is 0.109. The van der Waals surface area contributed by atoms with Gasteiger partial charge in [-0.2, -0.15) is 16.8 Å². The van der Waals surface area contributed by atoms with Crippen LogP contribution in [0.15, 0.2) is 0 Å². The van der Waals surface area contributed by atoms with Crippen molar-refractivity contribution < 1.29 is 72.4 Å². The van der Waals surface area contributed by atoms with E-state index in [1.54, 1.807) is 0 Å². The summed E-state index contributed by atoms with van der Waals surface area (Å²) in [6.45, 7) is 0. The summed E-state index contributed by atoms with van der Waals surface area (Å²) in [5.41, 5.74) is 0. The summed E-state index contributed by atoms with van der Waals surface area (Å²) in [7, 11) is -10.2. The predicted molar refractivity (Wildman–Crippen MR) is 35.7 cm³/mol. The Hall–Kier alpha value is 0.850. The Morgan fingerprint density at radius 1 is 1.07 bits per heavy atom. The molecule has 1 atom stereocenters. The molecule has 0 radical (unpaired) electrons. The second-order valence-electron chi connectivity index (χ2n) is 1.14. The van der Waals surface area contributed by atoms with Gasteiger partial charge in [0.2, 0.25) is 0 Å². The van der Waals surface area contributed by atoms with Crippen molar-refractivity contribution in [2.45, 2.75) is 0 Å². The molecule has 14 heteroatoms. The van der Waals surface area contributed by atoms with Crippen LogP contribution in [0.3, 0.4) is 0 Å². The van der Waals surface area contributed by atoms with E-state index in [9.17, 15) is 16.8 Å². The molecule has 0 aliphatic heterocycles. The number of rotatable bonds is 2. The van der Waals surface area contributed by atoms with Crippen LogP contribution in [0.1, 0.15) is 0 Å². The normalized spacial score (nSPS) is 13.1. The topological polar surface area (TPSA) is 178 Å². The fourth-order valence-corrected chi connectivity index (χ4v) is 0.978. The average molecular weight is 282 g/mol. The summed E-state index contributed by atoms with van der Waals surface area (Å²) in [5.74, 6) is 0. The van der Waals surface area contributed by atoms with E-state index in [-0.39, 0.29) is 29.6 Å². The third-order valence-corrected chi connectivity index (χ3v) is 1.55.